The van der Waals surface area contributed by atoms with Gasteiger partial charge in [0, 0.05) is 39.0 Å². The number of pyridine rings is 1. The Morgan fingerprint density at radius 2 is 2.31 bits per heavy atom. The predicted molar refractivity (Wildman–Crippen MR) is 62.6 cm³/mol. The second kappa shape index (κ2) is 6.07. The first-order valence-electron chi connectivity index (χ1n) is 5.17. The number of hydrogen-bond donors (Lipinski definition) is 2. The van der Waals surface area contributed by atoms with Crippen molar-refractivity contribution in [3.05, 3.63) is 23.9 Å². The monoisotopic (exact) mass is 223 g/mol. The minimum Gasteiger partial charge on any atom is -0.396 e. The van der Waals surface area contributed by atoms with Crippen molar-refractivity contribution in [1.82, 2.24) is 10.3 Å². The Bertz CT molecular complexity index is 353. The van der Waals surface area contributed by atoms with Crippen LogP contribution in [0.1, 0.15) is 16.8 Å². The molecule has 0 saturated carbocycles. The van der Waals surface area contributed by atoms with Gasteiger partial charge < -0.3 is 15.3 Å². The van der Waals surface area contributed by atoms with Crippen LogP contribution in [-0.2, 0) is 0 Å². The Morgan fingerprint density at radius 1 is 1.56 bits per heavy atom. The first-order valence-corrected chi connectivity index (χ1v) is 5.17. The first kappa shape index (κ1) is 12.4. The minimum absolute atomic E-state index is 0.0829. The van der Waals surface area contributed by atoms with E-state index in [0.717, 1.165) is 5.82 Å². The molecule has 1 aromatic heterocycles. The van der Waals surface area contributed by atoms with Crippen molar-refractivity contribution in [2.45, 2.75) is 6.42 Å². The lowest BCUT2D eigenvalue weighted by Gasteiger charge is -2.12. The molecular formula is C11H17N3O2. The number of anilines is 1. The number of aliphatic hydroxyl groups is 1. The lowest BCUT2D eigenvalue weighted by atomic mass is 10.2. The molecule has 0 spiro atoms. The molecule has 1 rings (SSSR count). The van der Waals surface area contributed by atoms with Crippen LogP contribution in [0.25, 0.3) is 0 Å². The standard InChI is InChI=1S/C11H17N3O2/c1-14(2)10-8-9(4-6-12-10)11(16)13-5-3-7-15/h4,6,8,15H,3,5,7H2,1-2H3,(H,13,16). The van der Waals surface area contributed by atoms with Crippen molar-refractivity contribution >= 4 is 11.7 Å². The highest BCUT2D eigenvalue weighted by molar-refractivity contribution is 5.94. The number of nitrogens with zero attached hydrogens (tertiary/aromatic N) is 2. The number of aliphatic hydroxyl groups excluding tert-OH is 1. The van der Waals surface area contributed by atoms with E-state index in [9.17, 15) is 4.79 Å². The van der Waals surface area contributed by atoms with Crippen molar-refractivity contribution in [2.75, 3.05) is 32.1 Å². The summed E-state index contributed by atoms with van der Waals surface area (Å²) in [5.74, 6) is 0.605. The topological polar surface area (TPSA) is 65.5 Å². The quantitative estimate of drug-likeness (QED) is 0.703. The second-order valence-electron chi connectivity index (χ2n) is 3.63. The molecule has 1 aromatic rings. The number of nitrogens with one attached hydrogen (secondary N) is 1. The lowest BCUT2D eigenvalue weighted by molar-refractivity contribution is 0.0951. The molecule has 0 aliphatic rings. The van der Waals surface area contributed by atoms with Gasteiger partial charge >= 0.3 is 0 Å². The molecule has 16 heavy (non-hydrogen) atoms. The maximum Gasteiger partial charge on any atom is 0.251 e. The second-order valence-corrected chi connectivity index (χ2v) is 3.63. The zero-order valence-electron chi connectivity index (χ0n) is 9.60. The molecule has 0 fully saturated rings. The van der Waals surface area contributed by atoms with Crippen LogP contribution in [0.3, 0.4) is 0 Å². The molecular weight excluding hydrogens is 206 g/mol. The zero-order valence-corrected chi connectivity index (χ0v) is 9.60. The summed E-state index contributed by atoms with van der Waals surface area (Å²) in [7, 11) is 3.74. The van der Waals surface area contributed by atoms with Crippen LogP contribution >= 0.6 is 0 Å². The van der Waals surface area contributed by atoms with Gasteiger partial charge in [-0.1, -0.05) is 0 Å². The third kappa shape index (κ3) is 3.51. The van der Waals surface area contributed by atoms with Crippen LogP contribution in [0.5, 0.6) is 0 Å². The van der Waals surface area contributed by atoms with Gasteiger partial charge in [0.2, 0.25) is 0 Å². The summed E-state index contributed by atoms with van der Waals surface area (Å²) in [5.41, 5.74) is 0.580. The van der Waals surface area contributed by atoms with E-state index in [-0.39, 0.29) is 12.5 Å². The Kier molecular flexibility index (Phi) is 4.72. The molecule has 5 nitrogen and oxygen atoms in total. The summed E-state index contributed by atoms with van der Waals surface area (Å²) in [6.07, 6.45) is 2.17. The lowest BCUT2D eigenvalue weighted by Crippen LogP contribution is -2.25. The molecule has 0 saturated heterocycles. The Balaban J connectivity index is 2.64. The van der Waals surface area contributed by atoms with Gasteiger partial charge in [-0.2, -0.15) is 0 Å². The summed E-state index contributed by atoms with van der Waals surface area (Å²) in [6, 6.07) is 3.40. The molecule has 0 atom stereocenters. The van der Waals surface area contributed by atoms with Crippen molar-refractivity contribution < 1.29 is 9.90 Å². The zero-order chi connectivity index (χ0) is 12.0. The Hall–Kier alpha value is -1.62. The van der Waals surface area contributed by atoms with E-state index in [1.807, 2.05) is 19.0 Å². The largest absolute Gasteiger partial charge is 0.396 e. The van der Waals surface area contributed by atoms with Crippen LogP contribution in [0, 0.1) is 0 Å². The van der Waals surface area contributed by atoms with Gasteiger partial charge in [0.05, 0.1) is 0 Å². The molecule has 0 unspecified atom stereocenters. The third-order valence-corrected chi connectivity index (χ3v) is 2.09. The van der Waals surface area contributed by atoms with Gasteiger partial charge in [0.1, 0.15) is 5.82 Å². The molecule has 0 radical (unpaired) electrons. The van der Waals surface area contributed by atoms with E-state index in [0.29, 0.717) is 18.5 Å². The van der Waals surface area contributed by atoms with Gasteiger partial charge in [-0.05, 0) is 18.6 Å². The summed E-state index contributed by atoms with van der Waals surface area (Å²) < 4.78 is 0. The van der Waals surface area contributed by atoms with E-state index in [4.69, 9.17) is 5.11 Å². The highest BCUT2D eigenvalue weighted by Gasteiger charge is 2.06. The first-order chi connectivity index (χ1) is 7.65. The van der Waals surface area contributed by atoms with Gasteiger partial charge in [0.15, 0.2) is 0 Å². The molecule has 0 aromatic carbocycles. The van der Waals surface area contributed by atoms with Crippen LogP contribution in [0.2, 0.25) is 0 Å². The molecule has 1 amide bonds. The highest BCUT2D eigenvalue weighted by atomic mass is 16.3. The normalized spacial score (nSPS) is 9.94. The summed E-state index contributed by atoms with van der Waals surface area (Å²) in [6.45, 7) is 0.564. The molecule has 2 N–H and O–H groups in total. The number of carbonyl (C=O) groups excluding carboxylic acids is 1. The van der Waals surface area contributed by atoms with Gasteiger partial charge in [-0.15, -0.1) is 0 Å². The molecule has 1 heterocycles. The van der Waals surface area contributed by atoms with Gasteiger partial charge in [0.25, 0.3) is 5.91 Å². The molecule has 0 aliphatic carbocycles. The Morgan fingerprint density at radius 3 is 2.94 bits per heavy atom. The Labute approximate surface area is 95.1 Å². The number of aromatic nitrogens is 1. The summed E-state index contributed by atoms with van der Waals surface area (Å²) in [4.78, 5) is 17.6. The van der Waals surface area contributed by atoms with Crippen LogP contribution < -0.4 is 10.2 Å². The van der Waals surface area contributed by atoms with Crippen molar-refractivity contribution in [1.29, 1.82) is 0 Å². The van der Waals surface area contributed by atoms with Crippen LogP contribution in [0.4, 0.5) is 5.82 Å². The van der Waals surface area contributed by atoms with E-state index in [2.05, 4.69) is 10.3 Å². The van der Waals surface area contributed by atoms with E-state index in [1.165, 1.54) is 0 Å². The summed E-state index contributed by atoms with van der Waals surface area (Å²) >= 11 is 0. The number of rotatable bonds is 5. The van der Waals surface area contributed by atoms with Gasteiger partial charge in [-0.25, -0.2) is 4.98 Å². The average Bonchev–Trinajstić information content (AvgIpc) is 2.29. The average molecular weight is 223 g/mol. The van der Waals surface area contributed by atoms with E-state index >= 15 is 0 Å². The fourth-order valence-corrected chi connectivity index (χ4v) is 1.19. The van der Waals surface area contributed by atoms with E-state index < -0.39 is 0 Å². The minimum atomic E-state index is -0.140. The fraction of sp³-hybridized carbons (Fsp3) is 0.455. The summed E-state index contributed by atoms with van der Waals surface area (Å²) in [5, 5.41) is 11.3. The smallest absolute Gasteiger partial charge is 0.251 e. The number of hydrogen-bond acceptors (Lipinski definition) is 4. The van der Waals surface area contributed by atoms with E-state index in [1.54, 1.807) is 18.3 Å². The van der Waals surface area contributed by atoms with Crippen molar-refractivity contribution in [2.24, 2.45) is 0 Å². The number of amides is 1. The molecule has 0 bridgehead atoms. The third-order valence-electron chi connectivity index (χ3n) is 2.09. The predicted octanol–water partition coefficient (Wildman–Crippen LogP) is 0.260. The SMILES string of the molecule is CN(C)c1cc(C(=O)NCCCO)ccn1. The maximum atomic E-state index is 11.7. The van der Waals surface area contributed by atoms with Crippen molar-refractivity contribution in [3.63, 3.8) is 0 Å². The molecule has 5 heteroatoms. The number of carbonyl (C=O) groups is 1. The molecule has 88 valence electrons. The van der Waals surface area contributed by atoms with Gasteiger partial charge in [-0.3, -0.25) is 4.79 Å². The molecule has 0 aliphatic heterocycles. The van der Waals surface area contributed by atoms with Crippen LogP contribution in [-0.4, -0.2) is 43.2 Å². The van der Waals surface area contributed by atoms with Crippen molar-refractivity contribution in [3.8, 4) is 0 Å². The maximum absolute atomic E-state index is 11.7. The van der Waals surface area contributed by atoms with Crippen LogP contribution in [0.15, 0.2) is 18.3 Å². The fourth-order valence-electron chi connectivity index (χ4n) is 1.19. The highest BCUT2D eigenvalue weighted by Crippen LogP contribution is 2.09.